The number of carbonyl (C=O) groups excluding carboxylic acids is 1. The van der Waals surface area contributed by atoms with Crippen LogP contribution in [0.15, 0.2) is 30.5 Å². The molecule has 37 heavy (non-hydrogen) atoms. The topological polar surface area (TPSA) is 99.9 Å². The molecule has 9 nitrogen and oxygen atoms in total. The fourth-order valence-corrected chi connectivity index (χ4v) is 5.97. The Morgan fingerprint density at radius 2 is 2.00 bits per heavy atom. The first-order chi connectivity index (χ1) is 17.5. The lowest BCUT2D eigenvalue weighted by molar-refractivity contribution is 0.0607. The van der Waals surface area contributed by atoms with Gasteiger partial charge in [0.25, 0.3) is 5.91 Å². The number of piperidine rings is 1. The number of hydrogen-bond acceptors (Lipinski definition) is 6. The number of carbonyl (C=O) groups is 1. The molecule has 3 atom stereocenters. The van der Waals surface area contributed by atoms with E-state index in [4.69, 9.17) is 21.7 Å². The van der Waals surface area contributed by atoms with Crippen LogP contribution in [-0.2, 0) is 10.0 Å². The van der Waals surface area contributed by atoms with Crippen molar-refractivity contribution in [2.45, 2.75) is 45.3 Å². The Bertz CT molecular complexity index is 1450. The lowest BCUT2D eigenvalue weighted by Crippen LogP contribution is -2.39. The average Bonchev–Trinajstić information content (AvgIpc) is 3.40. The van der Waals surface area contributed by atoms with Gasteiger partial charge in [0.1, 0.15) is 12.0 Å². The van der Waals surface area contributed by atoms with E-state index in [9.17, 15) is 17.6 Å². The first-order valence-electron chi connectivity index (χ1n) is 12.3. The van der Waals surface area contributed by atoms with Crippen LogP contribution in [0.25, 0.3) is 5.65 Å². The zero-order valence-electron chi connectivity index (χ0n) is 21.0. The van der Waals surface area contributed by atoms with Crippen molar-refractivity contribution in [2.75, 3.05) is 35.5 Å². The number of sulfonamides is 1. The van der Waals surface area contributed by atoms with E-state index in [0.29, 0.717) is 42.4 Å². The number of amides is 1. The lowest BCUT2D eigenvalue weighted by Gasteiger charge is -2.35. The van der Waals surface area contributed by atoms with E-state index in [1.807, 2.05) is 31.0 Å². The normalized spacial score (nSPS) is 22.6. The highest BCUT2D eigenvalue weighted by atomic mass is 35.5. The Morgan fingerprint density at radius 1 is 1.22 bits per heavy atom. The predicted molar refractivity (Wildman–Crippen MR) is 142 cm³/mol. The van der Waals surface area contributed by atoms with Gasteiger partial charge in [-0.15, -0.1) is 0 Å². The maximum atomic E-state index is 14.2. The van der Waals surface area contributed by atoms with Crippen LogP contribution in [0.4, 0.5) is 15.9 Å². The second-order valence-electron chi connectivity index (χ2n) is 10.1. The van der Waals surface area contributed by atoms with E-state index >= 15 is 0 Å². The minimum atomic E-state index is -3.60. The number of benzene rings is 1. The van der Waals surface area contributed by atoms with Crippen molar-refractivity contribution >= 4 is 44.7 Å². The van der Waals surface area contributed by atoms with E-state index in [2.05, 4.69) is 4.72 Å². The molecule has 0 spiro atoms. The van der Waals surface area contributed by atoms with Crippen LogP contribution in [0.2, 0.25) is 5.02 Å². The Morgan fingerprint density at radius 3 is 2.70 bits per heavy atom. The molecule has 0 radical (unpaired) electrons. The standard InChI is InChI=1S/C25H30ClFN6O3S/c1-15-12-31(14-19(15)27)24-16(2)13-33-23(28-24)11-21(29-33)22-6-4-5-9-32(22)25(34)18-10-17(26)7-8-20(18)30-37(3,35)36/h7-8,10-11,13,15,19,22,30H,4-6,9,12,14H2,1-3H3/t15?,19?,22-/m0/s1. The molecule has 1 aromatic carbocycles. The summed E-state index contributed by atoms with van der Waals surface area (Å²) in [6.07, 6.45) is 4.50. The van der Waals surface area contributed by atoms with Crippen LogP contribution < -0.4 is 9.62 Å². The van der Waals surface area contributed by atoms with Gasteiger partial charge < -0.3 is 9.80 Å². The van der Waals surface area contributed by atoms with Crippen LogP contribution in [-0.4, -0.2) is 65.9 Å². The van der Waals surface area contributed by atoms with Crippen molar-refractivity contribution in [1.29, 1.82) is 0 Å². The Kier molecular flexibility index (Phi) is 6.78. The second kappa shape index (κ2) is 9.75. The van der Waals surface area contributed by atoms with Gasteiger partial charge in [0.15, 0.2) is 5.65 Å². The summed E-state index contributed by atoms with van der Waals surface area (Å²) in [7, 11) is -3.60. The number of fused-ring (bicyclic) bond motifs is 1. The van der Waals surface area contributed by atoms with E-state index < -0.39 is 16.2 Å². The van der Waals surface area contributed by atoms with Crippen molar-refractivity contribution in [3.05, 3.63) is 52.3 Å². The summed E-state index contributed by atoms with van der Waals surface area (Å²) in [5, 5.41) is 5.09. The highest BCUT2D eigenvalue weighted by molar-refractivity contribution is 7.92. The third kappa shape index (κ3) is 5.24. The van der Waals surface area contributed by atoms with Gasteiger partial charge in [-0.05, 0) is 44.4 Å². The van der Waals surface area contributed by atoms with E-state index in [1.54, 1.807) is 15.5 Å². The molecule has 2 aliphatic rings. The van der Waals surface area contributed by atoms with Gasteiger partial charge in [-0.2, -0.15) is 5.10 Å². The van der Waals surface area contributed by atoms with Crippen molar-refractivity contribution in [1.82, 2.24) is 19.5 Å². The van der Waals surface area contributed by atoms with Crippen molar-refractivity contribution in [3.8, 4) is 0 Å². The monoisotopic (exact) mass is 548 g/mol. The van der Waals surface area contributed by atoms with Gasteiger partial charge in [0.05, 0.1) is 35.8 Å². The summed E-state index contributed by atoms with van der Waals surface area (Å²) in [6.45, 7) is 5.27. The quantitative estimate of drug-likeness (QED) is 0.512. The molecule has 2 saturated heterocycles. The minimum Gasteiger partial charge on any atom is -0.353 e. The molecule has 5 rings (SSSR count). The lowest BCUT2D eigenvalue weighted by atomic mass is 9.98. The molecule has 1 amide bonds. The van der Waals surface area contributed by atoms with Crippen LogP contribution in [0.3, 0.4) is 0 Å². The number of likely N-dealkylation sites (tertiary alicyclic amines) is 1. The number of halogens is 2. The third-order valence-corrected chi connectivity index (χ3v) is 7.88. The highest BCUT2D eigenvalue weighted by Gasteiger charge is 2.34. The number of aryl methyl sites for hydroxylation is 1. The van der Waals surface area contributed by atoms with Gasteiger partial charge in [0.2, 0.25) is 10.0 Å². The van der Waals surface area contributed by atoms with Gasteiger partial charge in [-0.25, -0.2) is 22.3 Å². The molecule has 4 heterocycles. The smallest absolute Gasteiger partial charge is 0.256 e. The summed E-state index contributed by atoms with van der Waals surface area (Å²) in [5.74, 6) is 0.381. The third-order valence-electron chi connectivity index (χ3n) is 7.06. The van der Waals surface area contributed by atoms with Crippen LogP contribution >= 0.6 is 11.6 Å². The maximum absolute atomic E-state index is 14.2. The molecule has 2 aliphatic heterocycles. The van der Waals surface area contributed by atoms with Crippen molar-refractivity contribution in [3.63, 3.8) is 0 Å². The molecule has 0 saturated carbocycles. The molecule has 3 aromatic rings. The molecule has 2 aromatic heterocycles. The van der Waals surface area contributed by atoms with Crippen molar-refractivity contribution < 1.29 is 17.6 Å². The van der Waals surface area contributed by atoms with E-state index in [-0.39, 0.29) is 29.1 Å². The maximum Gasteiger partial charge on any atom is 0.256 e. The fraction of sp³-hybridized carbons (Fsp3) is 0.480. The largest absolute Gasteiger partial charge is 0.353 e. The van der Waals surface area contributed by atoms with Crippen LogP contribution in [0.1, 0.15) is 53.8 Å². The molecule has 198 valence electrons. The first-order valence-corrected chi connectivity index (χ1v) is 14.6. The average molecular weight is 549 g/mol. The Hall–Kier alpha value is -2.92. The zero-order chi connectivity index (χ0) is 26.5. The Balaban J connectivity index is 1.48. The second-order valence-corrected chi connectivity index (χ2v) is 12.3. The number of nitrogens with zero attached hydrogens (tertiary/aromatic N) is 5. The summed E-state index contributed by atoms with van der Waals surface area (Å²) >= 11 is 6.18. The van der Waals surface area contributed by atoms with Crippen molar-refractivity contribution in [2.24, 2.45) is 5.92 Å². The predicted octanol–water partition coefficient (Wildman–Crippen LogP) is 4.22. The molecular weight excluding hydrogens is 519 g/mol. The Labute approximate surface area is 220 Å². The summed E-state index contributed by atoms with van der Waals surface area (Å²) in [6, 6.07) is 6.09. The first kappa shape index (κ1) is 25.7. The van der Waals surface area contributed by atoms with Gasteiger partial charge in [-0.3, -0.25) is 9.52 Å². The molecule has 1 N–H and O–H groups in total. The van der Waals surface area contributed by atoms with Crippen LogP contribution in [0, 0.1) is 12.8 Å². The fourth-order valence-electron chi connectivity index (χ4n) is 5.22. The summed E-state index contributed by atoms with van der Waals surface area (Å²) in [4.78, 5) is 22.2. The minimum absolute atomic E-state index is 0.0479. The van der Waals surface area contributed by atoms with Gasteiger partial charge >= 0.3 is 0 Å². The molecule has 0 bridgehead atoms. The number of aromatic nitrogens is 3. The number of nitrogens with one attached hydrogen (secondary N) is 1. The number of hydrogen-bond donors (Lipinski definition) is 1. The molecule has 0 aliphatic carbocycles. The molecule has 12 heteroatoms. The van der Waals surface area contributed by atoms with E-state index in [1.165, 1.54) is 12.1 Å². The number of alkyl halides is 1. The molecule has 2 fully saturated rings. The number of anilines is 2. The number of rotatable bonds is 5. The highest BCUT2D eigenvalue weighted by Crippen LogP contribution is 2.35. The summed E-state index contributed by atoms with van der Waals surface area (Å²) < 4.78 is 42.1. The molecular formula is C25H30ClFN6O3S. The zero-order valence-corrected chi connectivity index (χ0v) is 22.6. The van der Waals surface area contributed by atoms with Gasteiger partial charge in [-0.1, -0.05) is 18.5 Å². The van der Waals surface area contributed by atoms with Gasteiger partial charge in [0, 0.05) is 41.9 Å². The van der Waals surface area contributed by atoms with Crippen LogP contribution in [0.5, 0.6) is 0 Å². The van der Waals surface area contributed by atoms with E-state index in [0.717, 1.165) is 30.5 Å². The summed E-state index contributed by atoms with van der Waals surface area (Å²) in [5.41, 5.74) is 2.61. The SMILES string of the molecule is Cc1cn2nc([C@@H]3CCCCN3C(=O)c3cc(Cl)ccc3NS(C)(=O)=O)cc2nc1N1CC(C)C(F)C1. The molecule has 2 unspecified atom stereocenters.